The summed E-state index contributed by atoms with van der Waals surface area (Å²) in [7, 11) is -2.54. The smallest absolute Gasteiger partial charge is 0.264 e. The third kappa shape index (κ3) is 6.15. The molecule has 2 bridgehead atoms. The standard InChI is InChI=1S/C33H43ClN2O6S/c1-21-5-11-30(37)27-9-6-24(27)17-36-19-33(13-3-4-22-15-25(34)8-10-28(22)33)20-42-31-12-7-23(16-29(31)36)32(38)35-43(39,40)26(14-21)18-41-2/h7-8,10,12,15-16,21,24,26-27,30,37H,3-6,9,11,13-14,17-20H2,1-2H3,(H,35,38)/t21-,24?,26-,27+,30-,33-/m0/s1. The van der Waals surface area contributed by atoms with E-state index in [2.05, 4.69) is 21.8 Å². The van der Waals surface area contributed by atoms with Crippen molar-refractivity contribution in [2.75, 3.05) is 38.3 Å². The Kier molecular flexibility index (Phi) is 8.72. The number of carbonyl (C=O) groups excluding carboxylic acids is 1. The van der Waals surface area contributed by atoms with Crippen LogP contribution in [0.5, 0.6) is 5.75 Å². The summed E-state index contributed by atoms with van der Waals surface area (Å²) < 4.78 is 40.9. The fraction of sp³-hybridized carbons (Fsp3) is 0.606. The Morgan fingerprint density at radius 3 is 2.77 bits per heavy atom. The van der Waals surface area contributed by atoms with Crippen LogP contribution in [0, 0.1) is 17.8 Å². The number of nitrogens with zero attached hydrogens (tertiary/aromatic N) is 1. The van der Waals surface area contributed by atoms with Gasteiger partial charge in [-0.3, -0.25) is 4.79 Å². The third-order valence-corrected chi connectivity index (χ3v) is 12.3. The van der Waals surface area contributed by atoms with Crippen molar-refractivity contribution in [3.63, 3.8) is 0 Å². The lowest BCUT2D eigenvalue weighted by Gasteiger charge is -2.46. The van der Waals surface area contributed by atoms with Crippen LogP contribution in [-0.4, -0.2) is 64.2 Å². The highest BCUT2D eigenvalue weighted by molar-refractivity contribution is 7.90. The zero-order chi connectivity index (χ0) is 30.4. The molecular weight excluding hydrogens is 588 g/mol. The van der Waals surface area contributed by atoms with Crippen LogP contribution in [0.1, 0.15) is 73.4 Å². The van der Waals surface area contributed by atoms with Crippen molar-refractivity contribution in [2.45, 2.75) is 75.1 Å². The van der Waals surface area contributed by atoms with Crippen molar-refractivity contribution in [3.05, 3.63) is 58.1 Å². The fourth-order valence-electron chi connectivity index (χ4n) is 7.84. The van der Waals surface area contributed by atoms with E-state index in [9.17, 15) is 18.3 Å². The number of amides is 1. The molecule has 4 aliphatic rings. The number of methoxy groups -OCH3 is 1. The van der Waals surface area contributed by atoms with Gasteiger partial charge in [-0.1, -0.05) is 24.6 Å². The van der Waals surface area contributed by atoms with Gasteiger partial charge in [0.25, 0.3) is 5.91 Å². The van der Waals surface area contributed by atoms with Gasteiger partial charge in [0.1, 0.15) is 11.0 Å². The quantitative estimate of drug-likeness (QED) is 0.476. The maximum absolute atomic E-state index is 13.5. The summed E-state index contributed by atoms with van der Waals surface area (Å²) in [4.78, 5) is 15.8. The number of ether oxygens (including phenoxy) is 2. The summed E-state index contributed by atoms with van der Waals surface area (Å²) in [5, 5.41) is 11.2. The monoisotopic (exact) mass is 630 g/mol. The van der Waals surface area contributed by atoms with Crippen molar-refractivity contribution in [1.29, 1.82) is 0 Å². The number of carbonyl (C=O) groups is 1. The summed E-state index contributed by atoms with van der Waals surface area (Å²) >= 11 is 6.39. The van der Waals surface area contributed by atoms with Crippen molar-refractivity contribution in [3.8, 4) is 5.75 Å². The number of rotatable bonds is 2. The van der Waals surface area contributed by atoms with Crippen LogP contribution >= 0.6 is 11.6 Å². The van der Waals surface area contributed by atoms with E-state index in [1.165, 1.54) is 18.2 Å². The number of aliphatic hydroxyl groups excluding tert-OH is 1. The van der Waals surface area contributed by atoms with Crippen LogP contribution in [0.3, 0.4) is 0 Å². The highest BCUT2D eigenvalue weighted by Gasteiger charge is 2.44. The molecule has 1 spiro atoms. The van der Waals surface area contributed by atoms with Gasteiger partial charge in [-0.2, -0.15) is 0 Å². The van der Waals surface area contributed by atoms with E-state index in [1.54, 1.807) is 18.2 Å². The molecule has 0 radical (unpaired) electrons. The van der Waals surface area contributed by atoms with E-state index in [4.69, 9.17) is 21.1 Å². The molecule has 2 aromatic rings. The Morgan fingerprint density at radius 2 is 2.00 bits per heavy atom. The highest BCUT2D eigenvalue weighted by atomic mass is 35.5. The third-order valence-electron chi connectivity index (χ3n) is 10.4. The average Bonchev–Trinajstić information content (AvgIpc) is 3.10. The Labute approximate surface area is 260 Å². The zero-order valence-electron chi connectivity index (χ0n) is 25.1. The number of anilines is 1. The van der Waals surface area contributed by atoms with E-state index >= 15 is 0 Å². The lowest BCUT2D eigenvalue weighted by molar-refractivity contribution is 0.00690. The van der Waals surface area contributed by atoms with Crippen molar-refractivity contribution < 1.29 is 27.8 Å². The van der Waals surface area contributed by atoms with Gasteiger partial charge in [-0.15, -0.1) is 0 Å². The Balaban J connectivity index is 1.40. The second kappa shape index (κ2) is 12.2. The summed E-state index contributed by atoms with van der Waals surface area (Å²) in [5.74, 6) is 0.569. The molecule has 0 aromatic heterocycles. The summed E-state index contributed by atoms with van der Waals surface area (Å²) in [5.41, 5.74) is 3.31. The molecule has 2 aliphatic heterocycles. The number of halogens is 1. The number of fused-ring (bicyclic) bond motifs is 4. The molecule has 2 heterocycles. The molecule has 0 saturated heterocycles. The van der Waals surface area contributed by atoms with Crippen molar-refractivity contribution in [2.24, 2.45) is 17.8 Å². The van der Waals surface area contributed by atoms with Gasteiger partial charge in [0.2, 0.25) is 10.0 Å². The molecule has 1 fully saturated rings. The first-order chi connectivity index (χ1) is 20.6. The van der Waals surface area contributed by atoms with Gasteiger partial charge in [0, 0.05) is 36.2 Å². The first-order valence-electron chi connectivity index (χ1n) is 15.6. The summed E-state index contributed by atoms with van der Waals surface area (Å²) in [6.07, 6.45) is 6.22. The van der Waals surface area contributed by atoms with Crippen molar-refractivity contribution >= 4 is 33.2 Å². The molecule has 1 amide bonds. The number of nitrogens with one attached hydrogen (secondary N) is 1. The normalized spacial score (nSPS) is 32.4. The lowest BCUT2D eigenvalue weighted by Crippen LogP contribution is -2.49. The van der Waals surface area contributed by atoms with E-state index in [0.717, 1.165) is 49.4 Å². The predicted octanol–water partition coefficient (Wildman–Crippen LogP) is 5.09. The van der Waals surface area contributed by atoms with Crippen molar-refractivity contribution in [1.82, 2.24) is 4.72 Å². The largest absolute Gasteiger partial charge is 0.490 e. The second-order valence-electron chi connectivity index (χ2n) is 13.3. The molecule has 6 atom stereocenters. The predicted molar refractivity (Wildman–Crippen MR) is 168 cm³/mol. The number of benzene rings is 2. The van der Waals surface area contributed by atoms with Gasteiger partial charge < -0.3 is 19.5 Å². The summed E-state index contributed by atoms with van der Waals surface area (Å²) in [6.45, 7) is 3.92. The average molecular weight is 631 g/mol. The minimum Gasteiger partial charge on any atom is -0.490 e. The minimum absolute atomic E-state index is 0.0131. The van der Waals surface area contributed by atoms with Gasteiger partial charge in [0.05, 0.1) is 25.0 Å². The van der Waals surface area contributed by atoms with Crippen LogP contribution in [-0.2, 0) is 26.6 Å². The van der Waals surface area contributed by atoms with Crippen LogP contribution in [0.25, 0.3) is 0 Å². The Morgan fingerprint density at radius 1 is 1.16 bits per heavy atom. The summed E-state index contributed by atoms with van der Waals surface area (Å²) in [6, 6.07) is 11.4. The molecule has 6 rings (SSSR count). The molecule has 10 heteroatoms. The number of sulfonamides is 1. The molecule has 43 heavy (non-hydrogen) atoms. The van der Waals surface area contributed by atoms with E-state index in [-0.39, 0.29) is 29.4 Å². The highest BCUT2D eigenvalue weighted by Crippen LogP contribution is 2.47. The molecule has 2 aromatic carbocycles. The molecule has 2 aliphatic carbocycles. The molecule has 1 unspecified atom stereocenters. The Bertz CT molecular complexity index is 1470. The second-order valence-corrected chi connectivity index (χ2v) is 15.7. The molecule has 234 valence electrons. The van der Waals surface area contributed by atoms with Gasteiger partial charge in [0.15, 0.2) is 0 Å². The lowest BCUT2D eigenvalue weighted by atomic mass is 9.68. The number of hydrogen-bond donors (Lipinski definition) is 2. The van der Waals surface area contributed by atoms with Crippen LogP contribution in [0.15, 0.2) is 36.4 Å². The van der Waals surface area contributed by atoms with Crippen LogP contribution in [0.2, 0.25) is 5.02 Å². The van der Waals surface area contributed by atoms with Crippen LogP contribution < -0.4 is 14.4 Å². The van der Waals surface area contributed by atoms with Gasteiger partial charge in [-0.05, 0) is 111 Å². The Hall–Kier alpha value is -2.33. The maximum atomic E-state index is 13.5. The molecule has 2 N–H and O–H groups in total. The zero-order valence-corrected chi connectivity index (χ0v) is 26.6. The SMILES string of the molecule is COC[C@@H]1C[C@@H](C)CC[C@H](O)[C@@H]2CCC2CN2C[C@@]3(CCCc4cc(Cl)ccc43)COc3ccc(cc32)C(=O)NS1(=O)=O. The first kappa shape index (κ1) is 30.7. The topological polar surface area (TPSA) is 105 Å². The number of aliphatic hydroxyl groups is 1. The molecular formula is C33H43ClN2O6S. The molecule has 8 nitrogen and oxygen atoms in total. The maximum Gasteiger partial charge on any atom is 0.264 e. The fourth-order valence-corrected chi connectivity index (χ4v) is 9.48. The van der Waals surface area contributed by atoms with Gasteiger partial charge >= 0.3 is 0 Å². The van der Waals surface area contributed by atoms with E-state index < -0.39 is 27.3 Å². The van der Waals surface area contributed by atoms with Gasteiger partial charge in [-0.25, -0.2) is 13.1 Å². The minimum atomic E-state index is -4.01. The first-order valence-corrected chi connectivity index (χ1v) is 17.5. The van der Waals surface area contributed by atoms with E-state index in [1.807, 2.05) is 13.0 Å². The number of hydrogen-bond acceptors (Lipinski definition) is 7. The molecule has 1 saturated carbocycles. The van der Waals surface area contributed by atoms with Crippen LogP contribution in [0.4, 0.5) is 5.69 Å². The van der Waals surface area contributed by atoms with E-state index in [0.29, 0.717) is 44.1 Å². The number of aryl methyl sites for hydroxylation is 1.